The summed E-state index contributed by atoms with van der Waals surface area (Å²) in [5, 5.41) is 9.39. The Morgan fingerprint density at radius 1 is 1.38 bits per heavy atom. The Balaban J connectivity index is 1.84. The zero-order chi connectivity index (χ0) is 18.9. The maximum absolute atomic E-state index is 11.5. The van der Waals surface area contributed by atoms with Gasteiger partial charge in [0.1, 0.15) is 5.75 Å². The first-order chi connectivity index (χ1) is 12.5. The van der Waals surface area contributed by atoms with Crippen molar-refractivity contribution in [2.75, 3.05) is 39.8 Å². The molecule has 0 unspecified atom stereocenters. The normalized spacial score (nSPS) is 14.4. The molecule has 26 heavy (non-hydrogen) atoms. The average molecular weight is 382 g/mol. The number of halogens is 1. The van der Waals surface area contributed by atoms with Crippen LogP contribution in [-0.4, -0.2) is 62.6 Å². The number of nitrogens with zero attached hydrogens (tertiary/aromatic N) is 2. The molecule has 8 nitrogen and oxygen atoms in total. The molecule has 142 valence electrons. The molecule has 1 saturated heterocycles. The molecule has 1 aromatic rings. The zero-order valence-electron chi connectivity index (χ0n) is 15.0. The largest absolute Gasteiger partial charge is 0.497 e. The first kappa shape index (κ1) is 19.8. The maximum Gasteiger partial charge on any atom is 0.324 e. The van der Waals surface area contributed by atoms with Gasteiger partial charge in [0.2, 0.25) is 5.91 Å². The molecule has 0 saturated carbocycles. The first-order valence-corrected chi connectivity index (χ1v) is 8.85. The van der Waals surface area contributed by atoms with E-state index < -0.39 is 0 Å². The Morgan fingerprint density at radius 3 is 2.81 bits per heavy atom. The lowest BCUT2D eigenvalue weighted by atomic mass is 10.1. The third-order valence-corrected chi connectivity index (χ3v) is 4.17. The van der Waals surface area contributed by atoms with Crippen LogP contribution in [0.4, 0.5) is 4.79 Å². The highest BCUT2D eigenvalue weighted by molar-refractivity contribution is 6.31. The van der Waals surface area contributed by atoms with Crippen LogP contribution in [0.15, 0.2) is 23.2 Å². The summed E-state index contributed by atoms with van der Waals surface area (Å²) in [5.41, 5.74) is 0.992. The molecule has 1 aliphatic heterocycles. The molecule has 0 radical (unpaired) electrons. The third kappa shape index (κ3) is 5.52. The van der Waals surface area contributed by atoms with E-state index in [0.29, 0.717) is 43.6 Å². The van der Waals surface area contributed by atoms with Crippen molar-refractivity contribution in [2.45, 2.75) is 13.3 Å². The zero-order valence-corrected chi connectivity index (χ0v) is 15.7. The van der Waals surface area contributed by atoms with Gasteiger partial charge in [-0.15, -0.1) is 0 Å². The van der Waals surface area contributed by atoms with Crippen LogP contribution < -0.4 is 20.7 Å². The molecule has 1 aromatic carbocycles. The molecule has 1 fully saturated rings. The van der Waals surface area contributed by atoms with Crippen molar-refractivity contribution in [3.05, 3.63) is 28.8 Å². The summed E-state index contributed by atoms with van der Waals surface area (Å²) in [4.78, 5) is 28.7. The molecular weight excluding hydrogens is 358 g/mol. The Labute approximate surface area is 157 Å². The first-order valence-electron chi connectivity index (χ1n) is 8.48. The standard InChI is InChI=1S/C17H24ClN5O3/c1-3-19-16(21-8-9-23-15(24)11-22-17(23)25)20-7-6-12-4-5-13(26-2)10-14(12)18/h4-5,10H,3,6-9,11H2,1-2H3,(H,22,25)(H2,19,20,21). The molecule has 0 spiro atoms. The molecule has 0 aromatic heterocycles. The van der Waals surface area contributed by atoms with Crippen LogP contribution in [0.5, 0.6) is 5.75 Å². The van der Waals surface area contributed by atoms with Crippen molar-refractivity contribution in [3.8, 4) is 5.75 Å². The summed E-state index contributed by atoms with van der Waals surface area (Å²) < 4.78 is 5.14. The van der Waals surface area contributed by atoms with Crippen LogP contribution in [0.25, 0.3) is 0 Å². The number of amides is 3. The van der Waals surface area contributed by atoms with Gasteiger partial charge in [-0.25, -0.2) is 4.79 Å². The van der Waals surface area contributed by atoms with Crippen molar-refractivity contribution in [1.29, 1.82) is 0 Å². The molecule has 0 atom stereocenters. The van der Waals surface area contributed by atoms with Crippen LogP contribution in [-0.2, 0) is 11.2 Å². The molecule has 2 rings (SSSR count). The number of imide groups is 1. The lowest BCUT2D eigenvalue weighted by molar-refractivity contribution is -0.124. The highest BCUT2D eigenvalue weighted by Crippen LogP contribution is 2.22. The third-order valence-electron chi connectivity index (χ3n) is 3.82. The lowest BCUT2D eigenvalue weighted by Gasteiger charge is -2.15. The van der Waals surface area contributed by atoms with Crippen molar-refractivity contribution in [3.63, 3.8) is 0 Å². The number of carbonyl (C=O) groups excluding carboxylic acids is 2. The molecule has 0 bridgehead atoms. The van der Waals surface area contributed by atoms with Crippen molar-refractivity contribution in [1.82, 2.24) is 20.9 Å². The van der Waals surface area contributed by atoms with Crippen LogP contribution in [0, 0.1) is 0 Å². The van der Waals surface area contributed by atoms with Gasteiger partial charge in [-0.1, -0.05) is 17.7 Å². The molecule has 9 heteroatoms. The van der Waals surface area contributed by atoms with E-state index >= 15 is 0 Å². The Morgan fingerprint density at radius 2 is 2.19 bits per heavy atom. The number of hydrogen-bond acceptors (Lipinski definition) is 4. The lowest BCUT2D eigenvalue weighted by Crippen LogP contribution is -2.43. The number of nitrogens with one attached hydrogen (secondary N) is 3. The van der Waals surface area contributed by atoms with E-state index in [1.807, 2.05) is 19.1 Å². The number of methoxy groups -OCH3 is 1. The second-order valence-electron chi connectivity index (χ2n) is 5.60. The number of guanidine groups is 1. The molecule has 3 amide bonds. The molecule has 3 N–H and O–H groups in total. The maximum atomic E-state index is 11.5. The second kappa shape index (κ2) is 9.86. The van der Waals surface area contributed by atoms with E-state index in [4.69, 9.17) is 16.3 Å². The minimum absolute atomic E-state index is 0.0651. The fourth-order valence-corrected chi connectivity index (χ4v) is 2.72. The fourth-order valence-electron chi connectivity index (χ4n) is 2.46. The summed E-state index contributed by atoms with van der Waals surface area (Å²) in [7, 11) is 1.60. The van der Waals surface area contributed by atoms with E-state index in [2.05, 4.69) is 20.9 Å². The van der Waals surface area contributed by atoms with Gasteiger partial charge in [0.15, 0.2) is 5.96 Å². The van der Waals surface area contributed by atoms with Crippen molar-refractivity contribution >= 4 is 29.5 Å². The van der Waals surface area contributed by atoms with E-state index in [1.54, 1.807) is 13.2 Å². The Hall–Kier alpha value is -2.48. The van der Waals surface area contributed by atoms with Crippen LogP contribution in [0.3, 0.4) is 0 Å². The summed E-state index contributed by atoms with van der Waals surface area (Å²) in [6.07, 6.45) is 0.687. The quantitative estimate of drug-likeness (QED) is 0.355. The van der Waals surface area contributed by atoms with Crippen LogP contribution in [0.1, 0.15) is 12.5 Å². The molecule has 1 heterocycles. The molecular formula is C17H24ClN5O3. The van der Waals surface area contributed by atoms with Gasteiger partial charge in [0.25, 0.3) is 0 Å². The van der Waals surface area contributed by atoms with Gasteiger partial charge < -0.3 is 20.7 Å². The van der Waals surface area contributed by atoms with Crippen molar-refractivity contribution in [2.24, 2.45) is 4.99 Å². The van der Waals surface area contributed by atoms with E-state index in [-0.39, 0.29) is 18.5 Å². The number of carbonyl (C=O) groups is 2. The summed E-state index contributed by atoms with van der Waals surface area (Å²) in [6.45, 7) is 4.00. The van der Waals surface area contributed by atoms with Gasteiger partial charge in [0, 0.05) is 31.2 Å². The second-order valence-corrected chi connectivity index (χ2v) is 6.01. The molecule has 1 aliphatic rings. The van der Waals surface area contributed by atoms with Crippen LogP contribution in [0.2, 0.25) is 5.02 Å². The SMILES string of the molecule is CCNC(=NCCc1ccc(OC)cc1Cl)NCCN1C(=O)CNC1=O. The monoisotopic (exact) mass is 381 g/mol. The molecule has 0 aliphatic carbocycles. The Kier molecular flexibility index (Phi) is 7.53. The van der Waals surface area contributed by atoms with Gasteiger partial charge >= 0.3 is 6.03 Å². The van der Waals surface area contributed by atoms with Gasteiger partial charge in [-0.05, 0) is 31.0 Å². The number of urea groups is 1. The van der Waals surface area contributed by atoms with Gasteiger partial charge in [-0.3, -0.25) is 14.7 Å². The highest BCUT2D eigenvalue weighted by Gasteiger charge is 2.27. The predicted molar refractivity (Wildman–Crippen MR) is 101 cm³/mol. The minimum Gasteiger partial charge on any atom is -0.497 e. The summed E-state index contributed by atoms with van der Waals surface area (Å²) >= 11 is 6.23. The number of hydrogen-bond donors (Lipinski definition) is 3. The topological polar surface area (TPSA) is 95.1 Å². The van der Waals surface area contributed by atoms with E-state index in [1.165, 1.54) is 4.90 Å². The average Bonchev–Trinajstić information content (AvgIpc) is 2.94. The predicted octanol–water partition coefficient (Wildman–Crippen LogP) is 0.998. The number of aliphatic imine (C=N–C) groups is 1. The number of ether oxygens (including phenoxy) is 1. The van der Waals surface area contributed by atoms with Gasteiger partial charge in [-0.2, -0.15) is 0 Å². The minimum atomic E-state index is -0.354. The van der Waals surface area contributed by atoms with Gasteiger partial charge in [0.05, 0.1) is 13.7 Å². The fraction of sp³-hybridized carbons (Fsp3) is 0.471. The highest BCUT2D eigenvalue weighted by atomic mass is 35.5. The smallest absolute Gasteiger partial charge is 0.324 e. The van der Waals surface area contributed by atoms with E-state index in [0.717, 1.165) is 11.3 Å². The summed E-state index contributed by atoms with van der Waals surface area (Å²) in [5.74, 6) is 1.13. The number of rotatable bonds is 8. The summed E-state index contributed by atoms with van der Waals surface area (Å²) in [6, 6.07) is 5.22. The van der Waals surface area contributed by atoms with Crippen LogP contribution >= 0.6 is 11.6 Å². The van der Waals surface area contributed by atoms with E-state index in [9.17, 15) is 9.59 Å². The Bertz CT molecular complexity index is 664. The number of benzene rings is 1. The van der Waals surface area contributed by atoms with Crippen molar-refractivity contribution < 1.29 is 14.3 Å².